The molecule has 0 unspecified atom stereocenters. The number of nitrogens with one attached hydrogen (secondary N) is 2. The average molecular weight is 243 g/mol. The van der Waals surface area contributed by atoms with Gasteiger partial charge >= 0.3 is 0 Å². The van der Waals surface area contributed by atoms with E-state index < -0.39 is 0 Å². The largest absolute Gasteiger partial charge is 0.357 e. The molecule has 0 aromatic carbocycles. The Hall–Kier alpha value is -0.420. The van der Waals surface area contributed by atoms with Gasteiger partial charge in [-0.1, -0.05) is 24.7 Å². The summed E-state index contributed by atoms with van der Waals surface area (Å²) in [7, 11) is 0. The molecule has 0 bridgehead atoms. The topological polar surface area (TPSA) is 40.7 Å². The molecule has 2 rings (SSSR count). The summed E-state index contributed by atoms with van der Waals surface area (Å²) in [4.78, 5) is 0. The van der Waals surface area contributed by atoms with Gasteiger partial charge in [0.05, 0.1) is 0 Å². The van der Waals surface area contributed by atoms with Crippen molar-refractivity contribution in [1.82, 2.24) is 10.2 Å². The summed E-state index contributed by atoms with van der Waals surface area (Å²) in [6.07, 6.45) is 6.57. The Bertz CT molecular complexity index is 350. The van der Waals surface area contributed by atoms with Gasteiger partial charge in [0.2, 0.25) is 5.13 Å². The standard InChI is InChI=1S/C10H17N3S2/c1-2-7-3-5-8(6-4-7)11-9-12-13-10(14)15-9/h7-8H,2-6H2,1H3,(H,11,12)(H,13,14). The molecule has 0 amide bonds. The highest BCUT2D eigenvalue weighted by Gasteiger charge is 2.20. The highest BCUT2D eigenvalue weighted by atomic mass is 32.1. The number of rotatable bonds is 3. The van der Waals surface area contributed by atoms with Gasteiger partial charge in [-0.15, -0.1) is 5.10 Å². The van der Waals surface area contributed by atoms with Crippen molar-refractivity contribution in [2.75, 3.05) is 5.32 Å². The molecule has 0 atom stereocenters. The molecule has 15 heavy (non-hydrogen) atoms. The molecular weight excluding hydrogens is 226 g/mol. The van der Waals surface area contributed by atoms with Crippen LogP contribution in [0, 0.1) is 9.87 Å². The molecular formula is C10H17N3S2. The van der Waals surface area contributed by atoms with E-state index >= 15 is 0 Å². The van der Waals surface area contributed by atoms with Crippen LogP contribution in [0.4, 0.5) is 5.13 Å². The SMILES string of the molecule is CCC1CCC(Nc2n[nH]c(=S)s2)CC1. The van der Waals surface area contributed by atoms with E-state index in [2.05, 4.69) is 22.4 Å². The second kappa shape index (κ2) is 5.07. The number of anilines is 1. The van der Waals surface area contributed by atoms with Gasteiger partial charge in [-0.2, -0.15) is 0 Å². The van der Waals surface area contributed by atoms with Crippen LogP contribution in [0.15, 0.2) is 0 Å². The lowest BCUT2D eigenvalue weighted by molar-refractivity contribution is 0.330. The van der Waals surface area contributed by atoms with Crippen LogP contribution >= 0.6 is 23.6 Å². The van der Waals surface area contributed by atoms with Crippen molar-refractivity contribution < 1.29 is 0 Å². The number of aromatic nitrogens is 2. The van der Waals surface area contributed by atoms with E-state index in [1.807, 2.05) is 0 Å². The first kappa shape index (κ1) is 11.1. The third kappa shape index (κ3) is 3.01. The fourth-order valence-corrected chi connectivity index (χ4v) is 3.05. The molecule has 0 radical (unpaired) electrons. The van der Waals surface area contributed by atoms with Crippen molar-refractivity contribution in [2.45, 2.75) is 45.1 Å². The van der Waals surface area contributed by atoms with Crippen molar-refractivity contribution in [3.05, 3.63) is 3.95 Å². The molecule has 5 heteroatoms. The third-order valence-electron chi connectivity index (χ3n) is 3.19. The first-order valence-corrected chi connectivity index (χ1v) is 6.82. The lowest BCUT2D eigenvalue weighted by Crippen LogP contribution is -2.25. The quantitative estimate of drug-likeness (QED) is 0.797. The molecule has 1 heterocycles. The van der Waals surface area contributed by atoms with Crippen LogP contribution in [0.3, 0.4) is 0 Å². The third-order valence-corrected chi connectivity index (χ3v) is 4.21. The smallest absolute Gasteiger partial charge is 0.204 e. The number of aromatic amines is 1. The van der Waals surface area contributed by atoms with Crippen molar-refractivity contribution in [3.63, 3.8) is 0 Å². The van der Waals surface area contributed by atoms with Gasteiger partial charge in [-0.3, -0.25) is 5.10 Å². The first-order chi connectivity index (χ1) is 7.28. The maximum Gasteiger partial charge on any atom is 0.204 e. The summed E-state index contributed by atoms with van der Waals surface area (Å²) < 4.78 is 0.750. The number of nitrogens with zero attached hydrogens (tertiary/aromatic N) is 1. The Kier molecular flexibility index (Phi) is 3.75. The Morgan fingerprint density at radius 2 is 2.20 bits per heavy atom. The predicted molar refractivity (Wildman–Crippen MR) is 67.0 cm³/mol. The van der Waals surface area contributed by atoms with E-state index in [1.54, 1.807) is 0 Å². The van der Waals surface area contributed by atoms with Crippen LogP contribution < -0.4 is 5.32 Å². The highest BCUT2D eigenvalue weighted by molar-refractivity contribution is 7.73. The van der Waals surface area contributed by atoms with E-state index in [0.717, 1.165) is 15.0 Å². The van der Waals surface area contributed by atoms with Crippen molar-refractivity contribution >= 4 is 28.7 Å². The minimum atomic E-state index is 0.599. The fraction of sp³-hybridized carbons (Fsp3) is 0.800. The van der Waals surface area contributed by atoms with Gasteiger partial charge < -0.3 is 5.32 Å². The van der Waals surface area contributed by atoms with Crippen LogP contribution in [-0.4, -0.2) is 16.2 Å². The van der Waals surface area contributed by atoms with Gasteiger partial charge in [-0.05, 0) is 43.8 Å². The van der Waals surface area contributed by atoms with Crippen LogP contribution in [0.5, 0.6) is 0 Å². The summed E-state index contributed by atoms with van der Waals surface area (Å²) in [5, 5.41) is 11.3. The number of H-pyrrole nitrogens is 1. The van der Waals surface area contributed by atoms with Crippen molar-refractivity contribution in [2.24, 2.45) is 5.92 Å². The molecule has 2 N–H and O–H groups in total. The molecule has 3 nitrogen and oxygen atoms in total. The molecule has 0 spiro atoms. The van der Waals surface area contributed by atoms with Gasteiger partial charge in [0.15, 0.2) is 3.95 Å². The lowest BCUT2D eigenvalue weighted by Gasteiger charge is -2.28. The summed E-state index contributed by atoms with van der Waals surface area (Å²) in [5.41, 5.74) is 0. The van der Waals surface area contributed by atoms with Gasteiger partial charge in [0.1, 0.15) is 0 Å². The van der Waals surface area contributed by atoms with E-state index in [9.17, 15) is 0 Å². The highest BCUT2D eigenvalue weighted by Crippen LogP contribution is 2.28. The van der Waals surface area contributed by atoms with E-state index in [4.69, 9.17) is 12.2 Å². The second-order valence-electron chi connectivity index (χ2n) is 4.19. The molecule has 0 saturated heterocycles. The predicted octanol–water partition coefficient (Wildman–Crippen LogP) is 3.58. The molecule has 1 aromatic heterocycles. The number of hydrogen-bond acceptors (Lipinski definition) is 4. The van der Waals surface area contributed by atoms with E-state index in [-0.39, 0.29) is 0 Å². The van der Waals surface area contributed by atoms with Gasteiger partial charge in [0, 0.05) is 6.04 Å². The van der Waals surface area contributed by atoms with Crippen LogP contribution in [-0.2, 0) is 0 Å². The molecule has 1 fully saturated rings. The zero-order valence-corrected chi connectivity index (χ0v) is 10.6. The first-order valence-electron chi connectivity index (χ1n) is 5.60. The maximum absolute atomic E-state index is 5.00. The van der Waals surface area contributed by atoms with Crippen molar-refractivity contribution in [3.8, 4) is 0 Å². The van der Waals surface area contributed by atoms with Crippen LogP contribution in [0.25, 0.3) is 0 Å². The zero-order chi connectivity index (χ0) is 10.7. The molecule has 84 valence electrons. The van der Waals surface area contributed by atoms with Crippen LogP contribution in [0.2, 0.25) is 0 Å². The monoisotopic (exact) mass is 243 g/mol. The van der Waals surface area contributed by atoms with E-state index in [0.29, 0.717) is 6.04 Å². The molecule has 0 aliphatic heterocycles. The zero-order valence-electron chi connectivity index (χ0n) is 8.95. The lowest BCUT2D eigenvalue weighted by atomic mass is 9.85. The second-order valence-corrected chi connectivity index (χ2v) is 5.85. The van der Waals surface area contributed by atoms with Crippen LogP contribution in [0.1, 0.15) is 39.0 Å². The normalized spacial score (nSPS) is 26.5. The molecule has 1 aliphatic rings. The maximum atomic E-state index is 5.00. The van der Waals surface area contributed by atoms with E-state index in [1.165, 1.54) is 43.4 Å². The number of hydrogen-bond donors (Lipinski definition) is 2. The summed E-state index contributed by atoms with van der Waals surface area (Å²) in [5.74, 6) is 0.945. The summed E-state index contributed by atoms with van der Waals surface area (Å²) >= 11 is 6.52. The average Bonchev–Trinajstić information content (AvgIpc) is 2.65. The summed E-state index contributed by atoms with van der Waals surface area (Å²) in [6, 6.07) is 0.599. The molecule has 1 aromatic rings. The van der Waals surface area contributed by atoms with Gasteiger partial charge in [0.25, 0.3) is 0 Å². The molecule has 1 aliphatic carbocycles. The Morgan fingerprint density at radius 3 is 2.73 bits per heavy atom. The molecule has 1 saturated carbocycles. The van der Waals surface area contributed by atoms with Crippen molar-refractivity contribution in [1.29, 1.82) is 0 Å². The van der Waals surface area contributed by atoms with Gasteiger partial charge in [-0.25, -0.2) is 0 Å². The minimum absolute atomic E-state index is 0.599. The Labute approximate surface area is 99.3 Å². The Balaban J connectivity index is 1.84. The summed E-state index contributed by atoms with van der Waals surface area (Å²) in [6.45, 7) is 2.29. The fourth-order valence-electron chi connectivity index (χ4n) is 2.18. The Morgan fingerprint density at radius 1 is 1.47 bits per heavy atom. The minimum Gasteiger partial charge on any atom is -0.357 e.